The fourth-order valence-corrected chi connectivity index (χ4v) is 2.68. The Morgan fingerprint density at radius 2 is 1.96 bits per heavy atom. The van der Waals surface area contributed by atoms with Crippen molar-refractivity contribution in [1.82, 2.24) is 10.2 Å². The molecule has 1 aliphatic heterocycles. The van der Waals surface area contributed by atoms with E-state index in [1.807, 2.05) is 5.32 Å². The quantitative estimate of drug-likeness (QED) is 0.812. The number of methoxy groups -OCH3 is 1. The number of carbonyl (C=O) groups is 2. The van der Waals surface area contributed by atoms with E-state index in [0.29, 0.717) is 30.8 Å². The van der Waals surface area contributed by atoms with Crippen molar-refractivity contribution in [2.75, 3.05) is 32.1 Å². The number of likely N-dealkylation sites (tertiary alicyclic amines) is 1. The zero-order valence-corrected chi connectivity index (χ0v) is 13.7. The lowest BCUT2D eigenvalue weighted by molar-refractivity contribution is -0.141. The molecule has 1 aromatic carbocycles. The second-order valence-electron chi connectivity index (χ2n) is 5.74. The van der Waals surface area contributed by atoms with Gasteiger partial charge in [-0.3, -0.25) is 14.5 Å². The van der Waals surface area contributed by atoms with Crippen molar-refractivity contribution in [3.63, 3.8) is 0 Å². The maximum atomic E-state index is 12.2. The Morgan fingerprint density at radius 3 is 2.56 bits per heavy atom. The molecule has 138 valence electrons. The predicted molar refractivity (Wildman–Crippen MR) is 85.3 cm³/mol. The molecule has 1 atom stereocenters. The number of hydrogen-bond acceptors (Lipinski definition) is 4. The Labute approximate surface area is 143 Å². The van der Waals surface area contributed by atoms with Crippen LogP contribution in [0.25, 0.3) is 0 Å². The maximum Gasteiger partial charge on any atom is 0.405 e. The molecule has 0 radical (unpaired) electrons. The maximum absolute atomic E-state index is 12.2. The molecular weight excluding hydrogens is 339 g/mol. The number of hydrogen-bond donors (Lipinski definition) is 2. The molecule has 0 saturated carbocycles. The average molecular weight is 359 g/mol. The van der Waals surface area contributed by atoms with E-state index in [4.69, 9.17) is 4.74 Å². The highest BCUT2D eigenvalue weighted by Crippen LogP contribution is 2.19. The average Bonchev–Trinajstić information content (AvgIpc) is 3.00. The zero-order chi connectivity index (χ0) is 18.4. The van der Waals surface area contributed by atoms with Crippen molar-refractivity contribution in [2.24, 2.45) is 0 Å². The summed E-state index contributed by atoms with van der Waals surface area (Å²) in [6.07, 6.45) is -3.37. The molecule has 1 fully saturated rings. The lowest BCUT2D eigenvalue weighted by Gasteiger charge is -2.23. The van der Waals surface area contributed by atoms with Crippen LogP contribution in [0, 0.1) is 0 Å². The third kappa shape index (κ3) is 5.93. The number of nitrogens with one attached hydrogen (secondary N) is 2. The van der Waals surface area contributed by atoms with Crippen LogP contribution >= 0.6 is 0 Å². The molecule has 0 bridgehead atoms. The normalized spacial score (nSPS) is 18.0. The summed E-state index contributed by atoms with van der Waals surface area (Å²) in [6.45, 7) is -0.940. The molecule has 0 spiro atoms. The van der Waals surface area contributed by atoms with E-state index < -0.39 is 24.7 Å². The molecule has 2 rings (SSSR count). The minimum absolute atomic E-state index is 0.0594. The summed E-state index contributed by atoms with van der Waals surface area (Å²) in [6, 6.07) is 6.02. The molecule has 1 aromatic rings. The highest BCUT2D eigenvalue weighted by molar-refractivity contribution is 5.93. The van der Waals surface area contributed by atoms with E-state index in [2.05, 4.69) is 5.32 Å². The van der Waals surface area contributed by atoms with E-state index in [-0.39, 0.29) is 12.5 Å². The van der Waals surface area contributed by atoms with Crippen LogP contribution < -0.4 is 15.4 Å². The number of halogens is 3. The fourth-order valence-electron chi connectivity index (χ4n) is 2.68. The van der Waals surface area contributed by atoms with Gasteiger partial charge < -0.3 is 15.4 Å². The monoisotopic (exact) mass is 359 g/mol. The Morgan fingerprint density at radius 1 is 1.28 bits per heavy atom. The van der Waals surface area contributed by atoms with Crippen LogP contribution in [0.15, 0.2) is 24.3 Å². The van der Waals surface area contributed by atoms with E-state index in [1.165, 1.54) is 7.11 Å². The van der Waals surface area contributed by atoms with Crippen LogP contribution in [0.3, 0.4) is 0 Å². The van der Waals surface area contributed by atoms with Gasteiger partial charge in [-0.05, 0) is 43.7 Å². The molecule has 2 N–H and O–H groups in total. The van der Waals surface area contributed by atoms with Crippen LogP contribution in [-0.4, -0.2) is 55.7 Å². The zero-order valence-electron chi connectivity index (χ0n) is 13.7. The van der Waals surface area contributed by atoms with Crippen LogP contribution in [0.2, 0.25) is 0 Å². The van der Waals surface area contributed by atoms with Crippen molar-refractivity contribution in [3.05, 3.63) is 24.3 Å². The number of anilines is 1. The van der Waals surface area contributed by atoms with Gasteiger partial charge in [-0.25, -0.2) is 0 Å². The van der Waals surface area contributed by atoms with Gasteiger partial charge in [0.1, 0.15) is 12.3 Å². The standard InChI is InChI=1S/C16H20F3N3O3/c1-25-12-6-4-11(5-7-12)21-14(23)9-22-8-2-3-13(22)15(24)20-10-16(17,18)19/h4-7,13H,2-3,8-10H2,1H3,(H,20,24)(H,21,23). The van der Waals surface area contributed by atoms with Gasteiger partial charge in [0.25, 0.3) is 0 Å². The molecule has 1 saturated heterocycles. The summed E-state index contributed by atoms with van der Waals surface area (Å²) < 4.78 is 41.6. The summed E-state index contributed by atoms with van der Waals surface area (Å²) in [7, 11) is 1.53. The molecule has 6 nitrogen and oxygen atoms in total. The number of benzene rings is 1. The minimum atomic E-state index is -4.45. The first kappa shape index (κ1) is 19.0. The molecule has 0 aliphatic carbocycles. The number of alkyl halides is 3. The first-order valence-electron chi connectivity index (χ1n) is 7.81. The Bertz CT molecular complexity index is 605. The van der Waals surface area contributed by atoms with E-state index in [9.17, 15) is 22.8 Å². The molecule has 1 aliphatic rings. The highest BCUT2D eigenvalue weighted by atomic mass is 19.4. The Kier molecular flexibility index (Phi) is 6.24. The largest absolute Gasteiger partial charge is 0.497 e. The topological polar surface area (TPSA) is 70.7 Å². The van der Waals surface area contributed by atoms with Gasteiger partial charge >= 0.3 is 6.18 Å². The van der Waals surface area contributed by atoms with Crippen LogP contribution in [-0.2, 0) is 9.59 Å². The second-order valence-corrected chi connectivity index (χ2v) is 5.74. The number of rotatable bonds is 6. The molecular formula is C16H20F3N3O3. The molecule has 1 unspecified atom stereocenters. The highest BCUT2D eigenvalue weighted by Gasteiger charge is 2.34. The van der Waals surface area contributed by atoms with Crippen molar-refractivity contribution in [3.8, 4) is 5.75 Å². The fraction of sp³-hybridized carbons (Fsp3) is 0.500. The lowest BCUT2D eigenvalue weighted by Crippen LogP contribution is -2.47. The number of amides is 2. The van der Waals surface area contributed by atoms with Crippen molar-refractivity contribution in [1.29, 1.82) is 0 Å². The van der Waals surface area contributed by atoms with E-state index in [0.717, 1.165) is 0 Å². The Hall–Kier alpha value is -2.29. The van der Waals surface area contributed by atoms with Gasteiger partial charge in [0.2, 0.25) is 11.8 Å². The van der Waals surface area contributed by atoms with Gasteiger partial charge in [0.15, 0.2) is 0 Å². The second kappa shape index (κ2) is 8.19. The molecule has 1 heterocycles. The van der Waals surface area contributed by atoms with Gasteiger partial charge in [-0.1, -0.05) is 0 Å². The van der Waals surface area contributed by atoms with Crippen LogP contribution in [0.4, 0.5) is 18.9 Å². The third-order valence-electron chi connectivity index (χ3n) is 3.85. The minimum Gasteiger partial charge on any atom is -0.497 e. The van der Waals surface area contributed by atoms with Gasteiger partial charge in [0, 0.05) is 5.69 Å². The third-order valence-corrected chi connectivity index (χ3v) is 3.85. The molecule has 2 amide bonds. The summed E-state index contributed by atoms with van der Waals surface area (Å²) in [4.78, 5) is 25.6. The SMILES string of the molecule is COc1ccc(NC(=O)CN2CCCC2C(=O)NCC(F)(F)F)cc1. The first-order chi connectivity index (χ1) is 11.8. The number of nitrogens with zero attached hydrogens (tertiary/aromatic N) is 1. The number of carbonyl (C=O) groups excluding carboxylic acids is 2. The van der Waals surface area contributed by atoms with Crippen molar-refractivity contribution < 1.29 is 27.5 Å². The van der Waals surface area contributed by atoms with E-state index in [1.54, 1.807) is 29.2 Å². The summed E-state index contributed by atoms with van der Waals surface area (Å²) >= 11 is 0. The van der Waals surface area contributed by atoms with E-state index >= 15 is 0 Å². The van der Waals surface area contributed by atoms with Crippen molar-refractivity contribution >= 4 is 17.5 Å². The summed E-state index contributed by atoms with van der Waals surface area (Å²) in [5.74, 6) is -0.383. The lowest BCUT2D eigenvalue weighted by atomic mass is 10.2. The van der Waals surface area contributed by atoms with Crippen LogP contribution in [0.1, 0.15) is 12.8 Å². The van der Waals surface area contributed by atoms with Gasteiger partial charge in [0.05, 0.1) is 19.7 Å². The predicted octanol–water partition coefficient (Wildman–Crippen LogP) is 1.78. The van der Waals surface area contributed by atoms with Gasteiger partial charge in [-0.2, -0.15) is 13.2 Å². The summed E-state index contributed by atoms with van der Waals surface area (Å²) in [5.41, 5.74) is 0.572. The van der Waals surface area contributed by atoms with Crippen LogP contribution in [0.5, 0.6) is 5.75 Å². The summed E-state index contributed by atoms with van der Waals surface area (Å²) in [5, 5.41) is 4.57. The molecule has 25 heavy (non-hydrogen) atoms. The molecule has 0 aromatic heterocycles. The van der Waals surface area contributed by atoms with Gasteiger partial charge in [-0.15, -0.1) is 0 Å². The Balaban J connectivity index is 1.86. The smallest absolute Gasteiger partial charge is 0.405 e. The van der Waals surface area contributed by atoms with Crippen molar-refractivity contribution in [2.45, 2.75) is 25.1 Å². The number of ether oxygens (including phenoxy) is 1. The first-order valence-corrected chi connectivity index (χ1v) is 7.81. The molecule has 9 heteroatoms.